The van der Waals surface area contributed by atoms with E-state index in [0.717, 1.165) is 25.7 Å². The summed E-state index contributed by atoms with van der Waals surface area (Å²) in [6.45, 7) is -0.222. The Morgan fingerprint density at radius 1 is 1.25 bits per heavy atom. The van der Waals surface area contributed by atoms with Crippen LogP contribution in [-0.2, 0) is 20.7 Å². The molecule has 1 aliphatic carbocycles. The monoisotopic (exact) mass is 295 g/mol. The lowest BCUT2D eigenvalue weighted by atomic mass is 10.1. The van der Waals surface area contributed by atoms with E-state index in [4.69, 9.17) is 16.3 Å². The van der Waals surface area contributed by atoms with E-state index in [0.29, 0.717) is 10.6 Å². The maximum absolute atomic E-state index is 11.6. The summed E-state index contributed by atoms with van der Waals surface area (Å²) < 4.78 is 4.96. The highest BCUT2D eigenvalue weighted by Crippen LogP contribution is 2.17. The van der Waals surface area contributed by atoms with Gasteiger partial charge in [-0.1, -0.05) is 42.6 Å². The lowest BCUT2D eigenvalue weighted by Gasteiger charge is -2.12. The van der Waals surface area contributed by atoms with Gasteiger partial charge in [-0.05, 0) is 24.5 Å². The minimum absolute atomic E-state index is 0.0797. The van der Waals surface area contributed by atoms with Crippen LogP contribution in [0.4, 0.5) is 0 Å². The number of halogens is 1. The lowest BCUT2D eigenvalue weighted by Crippen LogP contribution is -2.36. The molecule has 4 nitrogen and oxygen atoms in total. The molecule has 1 fully saturated rings. The van der Waals surface area contributed by atoms with Gasteiger partial charge in [0.2, 0.25) is 0 Å². The van der Waals surface area contributed by atoms with Gasteiger partial charge in [-0.3, -0.25) is 9.59 Å². The number of rotatable bonds is 5. The van der Waals surface area contributed by atoms with Gasteiger partial charge in [0.25, 0.3) is 5.91 Å². The zero-order valence-corrected chi connectivity index (χ0v) is 12.0. The van der Waals surface area contributed by atoms with Crippen LogP contribution < -0.4 is 5.32 Å². The van der Waals surface area contributed by atoms with Gasteiger partial charge in [0.1, 0.15) is 0 Å². The first-order valence-corrected chi connectivity index (χ1v) is 7.21. The molecule has 0 radical (unpaired) electrons. The average molecular weight is 296 g/mol. The number of amides is 1. The van der Waals surface area contributed by atoms with Gasteiger partial charge in [0.05, 0.1) is 6.42 Å². The molecule has 0 heterocycles. The first-order chi connectivity index (χ1) is 9.65. The number of esters is 1. The van der Waals surface area contributed by atoms with E-state index >= 15 is 0 Å². The SMILES string of the molecule is O=C(COC(=O)Cc1ccccc1Cl)NC1CCCC1. The van der Waals surface area contributed by atoms with Crippen molar-refractivity contribution in [3.63, 3.8) is 0 Å². The maximum Gasteiger partial charge on any atom is 0.310 e. The molecular weight excluding hydrogens is 278 g/mol. The van der Waals surface area contributed by atoms with E-state index in [1.54, 1.807) is 24.3 Å². The van der Waals surface area contributed by atoms with Crippen molar-refractivity contribution in [3.8, 4) is 0 Å². The van der Waals surface area contributed by atoms with Crippen molar-refractivity contribution in [2.45, 2.75) is 38.1 Å². The van der Waals surface area contributed by atoms with Crippen molar-refractivity contribution in [1.82, 2.24) is 5.32 Å². The summed E-state index contributed by atoms with van der Waals surface area (Å²) in [5, 5.41) is 3.39. The van der Waals surface area contributed by atoms with Crippen molar-refractivity contribution in [2.24, 2.45) is 0 Å². The molecule has 1 aromatic rings. The highest BCUT2D eigenvalue weighted by molar-refractivity contribution is 6.31. The molecular formula is C15H18ClNO3. The van der Waals surface area contributed by atoms with E-state index in [1.807, 2.05) is 0 Å². The lowest BCUT2D eigenvalue weighted by molar-refractivity contribution is -0.148. The first-order valence-electron chi connectivity index (χ1n) is 6.83. The maximum atomic E-state index is 11.6. The Balaban J connectivity index is 1.72. The number of nitrogens with one attached hydrogen (secondary N) is 1. The van der Waals surface area contributed by atoms with Crippen LogP contribution in [-0.4, -0.2) is 24.5 Å². The summed E-state index contributed by atoms with van der Waals surface area (Å²) in [6.07, 6.45) is 4.41. The number of ether oxygens (including phenoxy) is 1. The smallest absolute Gasteiger partial charge is 0.310 e. The van der Waals surface area contributed by atoms with Gasteiger partial charge in [0.15, 0.2) is 6.61 Å². The fraction of sp³-hybridized carbons (Fsp3) is 0.467. The van der Waals surface area contributed by atoms with E-state index < -0.39 is 5.97 Å². The molecule has 1 aromatic carbocycles. The fourth-order valence-electron chi connectivity index (χ4n) is 2.33. The zero-order valence-electron chi connectivity index (χ0n) is 11.2. The van der Waals surface area contributed by atoms with Crippen LogP contribution in [0.3, 0.4) is 0 Å². The van der Waals surface area contributed by atoms with E-state index in [2.05, 4.69) is 5.32 Å². The quantitative estimate of drug-likeness (QED) is 0.849. The molecule has 2 rings (SSSR count). The molecule has 1 saturated carbocycles. The highest BCUT2D eigenvalue weighted by atomic mass is 35.5. The van der Waals surface area contributed by atoms with Crippen molar-refractivity contribution >= 4 is 23.5 Å². The van der Waals surface area contributed by atoms with Crippen molar-refractivity contribution < 1.29 is 14.3 Å². The van der Waals surface area contributed by atoms with Crippen LogP contribution in [0.25, 0.3) is 0 Å². The molecule has 0 aliphatic heterocycles. The van der Waals surface area contributed by atoms with Gasteiger partial charge >= 0.3 is 5.97 Å². The Kier molecular flexibility index (Phi) is 5.41. The number of hydrogen-bond acceptors (Lipinski definition) is 3. The second kappa shape index (κ2) is 7.29. The molecule has 20 heavy (non-hydrogen) atoms. The van der Waals surface area contributed by atoms with Crippen LogP contribution in [0.2, 0.25) is 5.02 Å². The molecule has 0 aromatic heterocycles. The van der Waals surface area contributed by atoms with Gasteiger partial charge in [-0.25, -0.2) is 0 Å². The number of carbonyl (C=O) groups excluding carboxylic acids is 2. The van der Waals surface area contributed by atoms with E-state index in [9.17, 15) is 9.59 Å². The second-order valence-electron chi connectivity index (χ2n) is 4.98. The fourth-order valence-corrected chi connectivity index (χ4v) is 2.54. The number of hydrogen-bond donors (Lipinski definition) is 1. The van der Waals surface area contributed by atoms with E-state index in [-0.39, 0.29) is 25.0 Å². The summed E-state index contributed by atoms with van der Waals surface area (Å²) in [7, 11) is 0. The van der Waals surface area contributed by atoms with Crippen LogP contribution in [0.1, 0.15) is 31.2 Å². The van der Waals surface area contributed by atoms with Crippen LogP contribution in [0, 0.1) is 0 Å². The zero-order chi connectivity index (χ0) is 14.4. The topological polar surface area (TPSA) is 55.4 Å². The van der Waals surface area contributed by atoms with Crippen LogP contribution in [0.15, 0.2) is 24.3 Å². The molecule has 1 aliphatic rings. The molecule has 5 heteroatoms. The summed E-state index contributed by atoms with van der Waals surface area (Å²) in [5.74, 6) is -0.677. The van der Waals surface area contributed by atoms with Crippen LogP contribution in [0.5, 0.6) is 0 Å². The Morgan fingerprint density at radius 2 is 1.95 bits per heavy atom. The minimum Gasteiger partial charge on any atom is -0.455 e. The van der Waals surface area contributed by atoms with Crippen molar-refractivity contribution in [2.75, 3.05) is 6.61 Å². The normalized spacial score (nSPS) is 15.1. The Hall–Kier alpha value is -1.55. The predicted octanol–water partition coefficient (Wildman–Crippen LogP) is 2.48. The average Bonchev–Trinajstić information content (AvgIpc) is 2.92. The second-order valence-corrected chi connectivity index (χ2v) is 5.38. The molecule has 0 saturated heterocycles. The Labute approximate surface area is 123 Å². The highest BCUT2D eigenvalue weighted by Gasteiger charge is 2.18. The molecule has 0 unspecified atom stereocenters. The summed E-state index contributed by atoms with van der Waals surface area (Å²) in [4.78, 5) is 23.3. The van der Waals surface area contributed by atoms with Crippen LogP contribution >= 0.6 is 11.6 Å². The summed E-state index contributed by atoms with van der Waals surface area (Å²) in [6, 6.07) is 7.33. The molecule has 1 amide bonds. The minimum atomic E-state index is -0.445. The molecule has 0 bridgehead atoms. The van der Waals surface area contributed by atoms with Crippen molar-refractivity contribution in [3.05, 3.63) is 34.9 Å². The number of carbonyl (C=O) groups is 2. The predicted molar refractivity (Wildman–Crippen MR) is 76.5 cm³/mol. The van der Waals surface area contributed by atoms with E-state index in [1.165, 1.54) is 0 Å². The Bertz CT molecular complexity index is 484. The molecule has 1 N–H and O–H groups in total. The number of benzene rings is 1. The summed E-state index contributed by atoms with van der Waals surface area (Å²) >= 11 is 5.96. The molecule has 0 spiro atoms. The third kappa shape index (κ3) is 4.53. The largest absolute Gasteiger partial charge is 0.455 e. The standard InChI is InChI=1S/C15H18ClNO3/c16-13-8-4-1-5-11(13)9-15(19)20-10-14(18)17-12-6-2-3-7-12/h1,4-5,8,12H,2-3,6-7,9-10H2,(H,17,18). The summed E-state index contributed by atoms with van der Waals surface area (Å²) in [5.41, 5.74) is 0.704. The van der Waals surface area contributed by atoms with Gasteiger partial charge in [0, 0.05) is 11.1 Å². The van der Waals surface area contributed by atoms with Gasteiger partial charge in [-0.15, -0.1) is 0 Å². The Morgan fingerprint density at radius 3 is 2.65 bits per heavy atom. The van der Waals surface area contributed by atoms with Gasteiger partial charge in [-0.2, -0.15) is 0 Å². The third-order valence-electron chi connectivity index (χ3n) is 3.38. The molecule has 0 atom stereocenters. The van der Waals surface area contributed by atoms with Crippen molar-refractivity contribution in [1.29, 1.82) is 0 Å². The third-order valence-corrected chi connectivity index (χ3v) is 3.75. The molecule has 108 valence electrons. The first kappa shape index (κ1) is 14.9. The van der Waals surface area contributed by atoms with Gasteiger partial charge < -0.3 is 10.1 Å².